The Kier molecular flexibility index (Phi) is 4.58. The predicted octanol–water partition coefficient (Wildman–Crippen LogP) is 4.01. The average molecular weight is 275 g/mol. The van der Waals surface area contributed by atoms with Gasteiger partial charge in [0.05, 0.1) is 0 Å². The lowest BCUT2D eigenvalue weighted by atomic mass is 10.1. The molecule has 0 spiro atoms. The zero-order chi connectivity index (χ0) is 13.7. The second kappa shape index (κ2) is 6.38. The maximum atomic E-state index is 10.8. The van der Waals surface area contributed by atoms with Gasteiger partial charge in [0, 0.05) is 17.1 Å². The molecule has 1 aromatic carbocycles. The standard InChI is InChI=1S/C15H17NO2S/c1-2-5-11-6-3-4-7-13(11)16-10-12-8-9-14(19-12)15(17)18/h3-4,6-9,16H,2,5,10H2,1H3,(H,17,18). The fourth-order valence-corrected chi connectivity index (χ4v) is 2.74. The van der Waals surface area contributed by atoms with Crippen LogP contribution in [-0.2, 0) is 13.0 Å². The number of carboxylic acid groups (broad SMARTS) is 1. The van der Waals surface area contributed by atoms with Crippen molar-refractivity contribution < 1.29 is 9.90 Å². The van der Waals surface area contributed by atoms with Crippen LogP contribution >= 0.6 is 11.3 Å². The molecule has 0 aliphatic rings. The van der Waals surface area contributed by atoms with Gasteiger partial charge in [-0.2, -0.15) is 0 Å². The van der Waals surface area contributed by atoms with E-state index in [1.807, 2.05) is 18.2 Å². The van der Waals surface area contributed by atoms with E-state index in [-0.39, 0.29) is 0 Å². The number of carbonyl (C=O) groups is 1. The molecular formula is C15H17NO2S. The summed E-state index contributed by atoms with van der Waals surface area (Å²) in [5, 5.41) is 12.3. The molecule has 2 N–H and O–H groups in total. The van der Waals surface area contributed by atoms with E-state index in [1.54, 1.807) is 6.07 Å². The number of hydrogen-bond donors (Lipinski definition) is 2. The van der Waals surface area contributed by atoms with Crippen molar-refractivity contribution in [2.75, 3.05) is 5.32 Å². The molecule has 1 heterocycles. The van der Waals surface area contributed by atoms with E-state index in [0.717, 1.165) is 23.4 Å². The van der Waals surface area contributed by atoms with Crippen molar-refractivity contribution in [1.29, 1.82) is 0 Å². The van der Waals surface area contributed by atoms with Gasteiger partial charge in [0.15, 0.2) is 0 Å². The van der Waals surface area contributed by atoms with Gasteiger partial charge in [-0.3, -0.25) is 0 Å². The number of hydrogen-bond acceptors (Lipinski definition) is 3. The first-order valence-electron chi connectivity index (χ1n) is 6.34. The SMILES string of the molecule is CCCc1ccccc1NCc1ccc(C(=O)O)s1. The van der Waals surface area contributed by atoms with Crippen LogP contribution in [-0.4, -0.2) is 11.1 Å². The van der Waals surface area contributed by atoms with Crippen molar-refractivity contribution in [1.82, 2.24) is 0 Å². The van der Waals surface area contributed by atoms with Crippen LogP contribution in [0.3, 0.4) is 0 Å². The van der Waals surface area contributed by atoms with E-state index in [0.29, 0.717) is 11.4 Å². The molecule has 0 fully saturated rings. The number of carboxylic acids is 1. The van der Waals surface area contributed by atoms with Crippen molar-refractivity contribution in [3.05, 3.63) is 51.7 Å². The Bertz CT molecular complexity index is 563. The van der Waals surface area contributed by atoms with E-state index >= 15 is 0 Å². The van der Waals surface area contributed by atoms with Crippen LogP contribution in [0, 0.1) is 0 Å². The fourth-order valence-electron chi connectivity index (χ4n) is 1.95. The minimum atomic E-state index is -0.859. The summed E-state index contributed by atoms with van der Waals surface area (Å²) in [5.74, 6) is -0.859. The lowest BCUT2D eigenvalue weighted by Gasteiger charge is -2.10. The van der Waals surface area contributed by atoms with Crippen LogP contribution in [0.1, 0.15) is 33.5 Å². The van der Waals surface area contributed by atoms with Crippen molar-refractivity contribution in [2.24, 2.45) is 0 Å². The van der Waals surface area contributed by atoms with Gasteiger partial charge in [0.25, 0.3) is 0 Å². The molecule has 0 atom stereocenters. The van der Waals surface area contributed by atoms with Gasteiger partial charge in [0.2, 0.25) is 0 Å². The number of nitrogens with one attached hydrogen (secondary N) is 1. The van der Waals surface area contributed by atoms with E-state index in [4.69, 9.17) is 5.11 Å². The molecule has 0 aliphatic heterocycles. The van der Waals surface area contributed by atoms with Gasteiger partial charge in [-0.15, -0.1) is 11.3 Å². The zero-order valence-corrected chi connectivity index (χ0v) is 11.7. The average Bonchev–Trinajstić information content (AvgIpc) is 2.87. The number of rotatable bonds is 6. The summed E-state index contributed by atoms with van der Waals surface area (Å²) in [7, 11) is 0. The van der Waals surface area contributed by atoms with Crippen molar-refractivity contribution in [3.8, 4) is 0 Å². The van der Waals surface area contributed by atoms with E-state index in [1.165, 1.54) is 16.9 Å². The van der Waals surface area contributed by atoms with Gasteiger partial charge in [0.1, 0.15) is 4.88 Å². The molecule has 2 rings (SSSR count). The normalized spacial score (nSPS) is 10.4. The first kappa shape index (κ1) is 13.6. The molecule has 0 bridgehead atoms. The third-order valence-corrected chi connectivity index (χ3v) is 3.94. The molecule has 2 aromatic rings. The van der Waals surface area contributed by atoms with E-state index in [9.17, 15) is 4.79 Å². The van der Waals surface area contributed by atoms with Gasteiger partial charge >= 0.3 is 5.97 Å². The number of anilines is 1. The van der Waals surface area contributed by atoms with Crippen molar-refractivity contribution >= 4 is 23.0 Å². The van der Waals surface area contributed by atoms with Crippen LogP contribution in [0.5, 0.6) is 0 Å². The lowest BCUT2D eigenvalue weighted by Crippen LogP contribution is -2.01. The number of aryl methyl sites for hydroxylation is 1. The summed E-state index contributed by atoms with van der Waals surface area (Å²) in [4.78, 5) is 12.2. The highest BCUT2D eigenvalue weighted by Crippen LogP contribution is 2.21. The first-order chi connectivity index (χ1) is 9.20. The lowest BCUT2D eigenvalue weighted by molar-refractivity contribution is 0.0702. The van der Waals surface area contributed by atoms with Gasteiger partial charge in [-0.05, 0) is 30.2 Å². The fraction of sp³-hybridized carbons (Fsp3) is 0.267. The zero-order valence-electron chi connectivity index (χ0n) is 10.8. The highest BCUT2D eigenvalue weighted by molar-refractivity contribution is 7.13. The second-order valence-electron chi connectivity index (χ2n) is 4.33. The quantitative estimate of drug-likeness (QED) is 0.837. The summed E-state index contributed by atoms with van der Waals surface area (Å²) in [6, 6.07) is 11.8. The summed E-state index contributed by atoms with van der Waals surface area (Å²) >= 11 is 1.32. The second-order valence-corrected chi connectivity index (χ2v) is 5.50. The molecule has 4 heteroatoms. The highest BCUT2D eigenvalue weighted by Gasteiger charge is 2.07. The first-order valence-corrected chi connectivity index (χ1v) is 7.16. The monoisotopic (exact) mass is 275 g/mol. The third kappa shape index (κ3) is 3.58. The Morgan fingerprint density at radius 1 is 1.26 bits per heavy atom. The van der Waals surface area contributed by atoms with Gasteiger partial charge in [-0.1, -0.05) is 31.5 Å². The minimum absolute atomic E-state index is 0.388. The number of benzene rings is 1. The molecule has 0 saturated heterocycles. The molecule has 100 valence electrons. The molecule has 19 heavy (non-hydrogen) atoms. The molecule has 0 unspecified atom stereocenters. The summed E-state index contributed by atoms with van der Waals surface area (Å²) in [6.45, 7) is 2.83. The Hall–Kier alpha value is -1.81. The van der Waals surface area contributed by atoms with Crippen molar-refractivity contribution in [2.45, 2.75) is 26.3 Å². The Morgan fingerprint density at radius 3 is 2.74 bits per heavy atom. The Morgan fingerprint density at radius 2 is 2.05 bits per heavy atom. The Labute approximate surface area is 116 Å². The van der Waals surface area contributed by atoms with Crippen LogP contribution in [0.4, 0.5) is 5.69 Å². The van der Waals surface area contributed by atoms with E-state index in [2.05, 4.69) is 24.4 Å². The molecule has 3 nitrogen and oxygen atoms in total. The van der Waals surface area contributed by atoms with Crippen molar-refractivity contribution in [3.63, 3.8) is 0 Å². The Balaban J connectivity index is 2.03. The maximum absolute atomic E-state index is 10.8. The molecule has 1 aromatic heterocycles. The maximum Gasteiger partial charge on any atom is 0.345 e. The largest absolute Gasteiger partial charge is 0.477 e. The van der Waals surface area contributed by atoms with E-state index < -0.39 is 5.97 Å². The van der Waals surface area contributed by atoms with Crippen LogP contribution < -0.4 is 5.32 Å². The number of thiophene rings is 1. The van der Waals surface area contributed by atoms with Crippen LogP contribution in [0.15, 0.2) is 36.4 Å². The number of para-hydroxylation sites is 1. The van der Waals surface area contributed by atoms with Gasteiger partial charge < -0.3 is 10.4 Å². The summed E-state index contributed by atoms with van der Waals surface area (Å²) < 4.78 is 0. The van der Waals surface area contributed by atoms with Gasteiger partial charge in [-0.25, -0.2) is 4.79 Å². The summed E-state index contributed by atoms with van der Waals surface area (Å²) in [5.41, 5.74) is 2.44. The minimum Gasteiger partial charge on any atom is -0.477 e. The molecule has 0 aliphatic carbocycles. The topological polar surface area (TPSA) is 49.3 Å². The number of aromatic carboxylic acids is 1. The molecule has 0 saturated carbocycles. The highest BCUT2D eigenvalue weighted by atomic mass is 32.1. The third-order valence-electron chi connectivity index (χ3n) is 2.86. The smallest absolute Gasteiger partial charge is 0.345 e. The molecular weight excluding hydrogens is 258 g/mol. The van der Waals surface area contributed by atoms with Crippen LogP contribution in [0.2, 0.25) is 0 Å². The molecule has 0 radical (unpaired) electrons. The van der Waals surface area contributed by atoms with Crippen LogP contribution in [0.25, 0.3) is 0 Å². The predicted molar refractivity (Wildman–Crippen MR) is 79.0 cm³/mol. The summed E-state index contributed by atoms with van der Waals surface area (Å²) in [6.07, 6.45) is 2.16. The molecule has 0 amide bonds.